The summed E-state index contributed by atoms with van der Waals surface area (Å²) in [6.07, 6.45) is 0. The number of rotatable bonds is 8. The van der Waals surface area contributed by atoms with Crippen LogP contribution in [0.25, 0.3) is 22.0 Å². The third-order valence-electron chi connectivity index (χ3n) is 7.36. The maximum Gasteiger partial charge on any atom is 0.336 e. The minimum absolute atomic E-state index is 0.0536. The summed E-state index contributed by atoms with van der Waals surface area (Å²) in [5.41, 5.74) is 7.56. The molecule has 0 radical (unpaired) electrons. The van der Waals surface area contributed by atoms with Crippen molar-refractivity contribution >= 4 is 22.8 Å². The standard InChI is InChI=1S/C33H30N2O5/c1-20-21(2)35(19-22-8-11-24(12-9-22)26-6-4-5-7-27(26)33(38)39)29-14-13-25(17-28(20)29)32(37)34-18-23-10-15-30(36)31(16-23)40-3/h4-17,36H,18-19H2,1-3H3,(H,34,37)(H,38,39). The maximum absolute atomic E-state index is 13.0. The van der Waals surface area contributed by atoms with Crippen LogP contribution in [0.15, 0.2) is 84.9 Å². The SMILES string of the molecule is COc1cc(CNC(=O)c2ccc3c(c2)c(C)c(C)n3Cc2ccc(-c3ccccc3C(=O)O)cc2)ccc1O. The first kappa shape index (κ1) is 26.6. The Morgan fingerprint density at radius 1 is 0.900 bits per heavy atom. The highest BCUT2D eigenvalue weighted by Gasteiger charge is 2.15. The Morgan fingerprint density at radius 3 is 2.35 bits per heavy atom. The van der Waals surface area contributed by atoms with Gasteiger partial charge < -0.3 is 24.8 Å². The Hall–Kier alpha value is -5.04. The second kappa shape index (κ2) is 11.0. The minimum Gasteiger partial charge on any atom is -0.504 e. The molecule has 0 aliphatic rings. The highest BCUT2D eigenvalue weighted by atomic mass is 16.5. The molecule has 0 unspecified atom stereocenters. The molecule has 5 rings (SSSR count). The minimum atomic E-state index is -0.946. The van der Waals surface area contributed by atoms with Crippen molar-refractivity contribution in [1.29, 1.82) is 0 Å². The number of aromatic hydroxyl groups is 1. The summed E-state index contributed by atoms with van der Waals surface area (Å²) < 4.78 is 7.38. The van der Waals surface area contributed by atoms with Crippen molar-refractivity contribution in [3.63, 3.8) is 0 Å². The van der Waals surface area contributed by atoms with Crippen molar-refractivity contribution in [2.24, 2.45) is 0 Å². The number of hydrogen-bond acceptors (Lipinski definition) is 4. The Bertz CT molecular complexity index is 1730. The van der Waals surface area contributed by atoms with Gasteiger partial charge in [0.15, 0.2) is 11.5 Å². The number of nitrogens with zero attached hydrogens (tertiary/aromatic N) is 1. The van der Waals surface area contributed by atoms with Gasteiger partial charge >= 0.3 is 5.97 Å². The van der Waals surface area contributed by atoms with Gasteiger partial charge in [-0.25, -0.2) is 4.79 Å². The number of phenols is 1. The zero-order chi connectivity index (χ0) is 28.4. The Kier molecular flexibility index (Phi) is 7.29. The molecule has 1 amide bonds. The fourth-order valence-electron chi connectivity index (χ4n) is 5.00. The van der Waals surface area contributed by atoms with E-state index < -0.39 is 5.97 Å². The Labute approximate surface area is 232 Å². The van der Waals surface area contributed by atoms with Crippen LogP contribution in [-0.4, -0.2) is 33.8 Å². The molecule has 5 aromatic rings. The van der Waals surface area contributed by atoms with E-state index in [1.165, 1.54) is 7.11 Å². The molecule has 40 heavy (non-hydrogen) atoms. The number of phenolic OH excluding ortho intramolecular Hbond substituents is 1. The van der Waals surface area contributed by atoms with Crippen LogP contribution in [0, 0.1) is 13.8 Å². The van der Waals surface area contributed by atoms with Crippen molar-refractivity contribution < 1.29 is 24.5 Å². The fourth-order valence-corrected chi connectivity index (χ4v) is 5.00. The molecule has 4 aromatic carbocycles. The van der Waals surface area contributed by atoms with E-state index in [0.29, 0.717) is 30.0 Å². The molecule has 0 aliphatic carbocycles. The first-order chi connectivity index (χ1) is 19.3. The van der Waals surface area contributed by atoms with Crippen LogP contribution >= 0.6 is 0 Å². The number of aryl methyl sites for hydroxylation is 1. The molecule has 1 heterocycles. The summed E-state index contributed by atoms with van der Waals surface area (Å²) >= 11 is 0. The number of amides is 1. The number of benzene rings is 4. The normalized spacial score (nSPS) is 11.0. The van der Waals surface area contributed by atoms with Crippen molar-refractivity contribution in [2.75, 3.05) is 7.11 Å². The lowest BCUT2D eigenvalue weighted by Gasteiger charge is -2.11. The second-order valence-electron chi connectivity index (χ2n) is 9.77. The van der Waals surface area contributed by atoms with Crippen LogP contribution in [0.5, 0.6) is 11.5 Å². The van der Waals surface area contributed by atoms with Crippen molar-refractivity contribution in [1.82, 2.24) is 9.88 Å². The van der Waals surface area contributed by atoms with Crippen LogP contribution in [0.3, 0.4) is 0 Å². The average Bonchev–Trinajstić information content (AvgIpc) is 3.21. The zero-order valence-corrected chi connectivity index (χ0v) is 22.6. The van der Waals surface area contributed by atoms with Gasteiger partial charge in [-0.05, 0) is 78.1 Å². The summed E-state index contributed by atoms with van der Waals surface area (Å²) in [6.45, 7) is 5.08. The van der Waals surface area contributed by atoms with E-state index in [4.69, 9.17) is 4.74 Å². The van der Waals surface area contributed by atoms with Gasteiger partial charge in [0, 0.05) is 35.2 Å². The molecule has 0 saturated heterocycles. The van der Waals surface area contributed by atoms with Crippen molar-refractivity contribution in [3.05, 3.63) is 118 Å². The number of ether oxygens (including phenoxy) is 1. The molecule has 7 nitrogen and oxygen atoms in total. The zero-order valence-electron chi connectivity index (χ0n) is 22.6. The van der Waals surface area contributed by atoms with E-state index in [9.17, 15) is 19.8 Å². The monoisotopic (exact) mass is 534 g/mol. The predicted octanol–water partition coefficient (Wildman–Crippen LogP) is 6.32. The van der Waals surface area contributed by atoms with Crippen LogP contribution in [0.4, 0.5) is 0 Å². The molecule has 0 aliphatic heterocycles. The maximum atomic E-state index is 13.0. The molecule has 7 heteroatoms. The fraction of sp³-hybridized carbons (Fsp3) is 0.152. The molecular formula is C33H30N2O5. The van der Waals surface area contributed by atoms with Crippen molar-refractivity contribution in [3.8, 4) is 22.6 Å². The van der Waals surface area contributed by atoms with E-state index in [1.807, 2.05) is 54.6 Å². The molecular weight excluding hydrogens is 504 g/mol. The van der Waals surface area contributed by atoms with Crippen LogP contribution in [0.1, 0.15) is 43.1 Å². The topological polar surface area (TPSA) is 101 Å². The number of hydrogen-bond donors (Lipinski definition) is 3. The average molecular weight is 535 g/mol. The molecule has 202 valence electrons. The van der Waals surface area contributed by atoms with E-state index in [2.05, 4.69) is 23.7 Å². The summed E-state index contributed by atoms with van der Waals surface area (Å²) in [5, 5.41) is 23.3. The molecule has 0 fully saturated rings. The highest BCUT2D eigenvalue weighted by Crippen LogP contribution is 2.29. The Balaban J connectivity index is 1.35. The van der Waals surface area contributed by atoms with Gasteiger partial charge in [0.2, 0.25) is 0 Å². The number of carbonyl (C=O) groups excluding carboxylic acids is 1. The van der Waals surface area contributed by atoms with Crippen molar-refractivity contribution in [2.45, 2.75) is 26.9 Å². The summed E-state index contributed by atoms with van der Waals surface area (Å²) in [4.78, 5) is 24.6. The quantitative estimate of drug-likeness (QED) is 0.216. The summed E-state index contributed by atoms with van der Waals surface area (Å²) in [5.74, 6) is -0.715. The molecule has 0 saturated carbocycles. The first-order valence-electron chi connectivity index (χ1n) is 12.9. The number of aromatic nitrogens is 1. The van der Waals surface area contributed by atoms with Gasteiger partial charge in [-0.1, -0.05) is 48.5 Å². The van der Waals surface area contributed by atoms with Gasteiger partial charge in [-0.3, -0.25) is 4.79 Å². The number of carbonyl (C=O) groups is 2. The van der Waals surface area contributed by atoms with E-state index >= 15 is 0 Å². The number of aromatic carboxylic acids is 1. The Morgan fingerprint density at radius 2 is 1.62 bits per heavy atom. The number of nitrogens with one attached hydrogen (secondary N) is 1. The smallest absolute Gasteiger partial charge is 0.336 e. The van der Waals surface area contributed by atoms with Gasteiger partial charge in [-0.15, -0.1) is 0 Å². The first-order valence-corrected chi connectivity index (χ1v) is 12.9. The third kappa shape index (κ3) is 5.14. The number of carboxylic acids is 1. The van der Waals surface area contributed by atoms with E-state index in [-0.39, 0.29) is 17.2 Å². The lowest BCUT2D eigenvalue weighted by atomic mass is 9.99. The number of fused-ring (bicyclic) bond motifs is 1. The van der Waals surface area contributed by atoms with Gasteiger partial charge in [0.1, 0.15) is 0 Å². The van der Waals surface area contributed by atoms with Crippen LogP contribution < -0.4 is 10.1 Å². The lowest BCUT2D eigenvalue weighted by molar-refractivity contribution is 0.0697. The van der Waals surface area contributed by atoms with E-state index in [1.54, 1.807) is 30.3 Å². The van der Waals surface area contributed by atoms with Gasteiger partial charge in [0.05, 0.1) is 12.7 Å². The van der Waals surface area contributed by atoms with Crippen LogP contribution in [-0.2, 0) is 13.1 Å². The summed E-state index contributed by atoms with van der Waals surface area (Å²) in [7, 11) is 1.49. The number of carboxylic acid groups (broad SMARTS) is 1. The highest BCUT2D eigenvalue weighted by molar-refractivity contribution is 5.99. The molecule has 0 atom stereocenters. The number of methoxy groups -OCH3 is 1. The molecule has 0 bridgehead atoms. The van der Waals surface area contributed by atoms with E-state index in [0.717, 1.165) is 38.9 Å². The molecule has 3 N–H and O–H groups in total. The second-order valence-corrected chi connectivity index (χ2v) is 9.77. The van der Waals surface area contributed by atoms with Gasteiger partial charge in [-0.2, -0.15) is 0 Å². The largest absolute Gasteiger partial charge is 0.504 e. The predicted molar refractivity (Wildman–Crippen MR) is 155 cm³/mol. The summed E-state index contributed by atoms with van der Waals surface area (Å²) in [6, 6.07) is 25.7. The molecule has 1 aromatic heterocycles. The third-order valence-corrected chi connectivity index (χ3v) is 7.36. The van der Waals surface area contributed by atoms with Crippen LogP contribution in [0.2, 0.25) is 0 Å². The van der Waals surface area contributed by atoms with Gasteiger partial charge in [0.25, 0.3) is 5.91 Å². The molecule has 0 spiro atoms. The lowest BCUT2D eigenvalue weighted by Crippen LogP contribution is -2.22.